The number of benzene rings is 2. The van der Waals surface area contributed by atoms with Crippen molar-refractivity contribution < 1.29 is 4.74 Å². The van der Waals surface area contributed by atoms with Gasteiger partial charge >= 0.3 is 0 Å². The summed E-state index contributed by atoms with van der Waals surface area (Å²) in [4.78, 5) is 2.16. The molecular weight excluding hydrogens is 284 g/mol. The Morgan fingerprint density at radius 1 is 1.19 bits per heavy atom. The average Bonchev–Trinajstić information content (AvgIpc) is 2.47. The molecule has 0 aromatic heterocycles. The van der Waals surface area contributed by atoms with Crippen LogP contribution in [0.25, 0.3) is 0 Å². The highest BCUT2D eigenvalue weighted by Gasteiger charge is 2.08. The molecule has 0 atom stereocenters. The van der Waals surface area contributed by atoms with Crippen LogP contribution in [0.5, 0.6) is 5.75 Å². The third kappa shape index (κ3) is 4.22. The van der Waals surface area contributed by atoms with E-state index < -0.39 is 0 Å². The smallest absolute Gasteiger partial charge is 0.123 e. The molecule has 0 radical (unpaired) electrons. The minimum absolute atomic E-state index is 0.682. The molecule has 0 bridgehead atoms. The van der Waals surface area contributed by atoms with Gasteiger partial charge in [-0.25, -0.2) is 0 Å². The van der Waals surface area contributed by atoms with Crippen molar-refractivity contribution in [2.24, 2.45) is 0 Å². The lowest BCUT2D eigenvalue weighted by Gasteiger charge is -2.19. The van der Waals surface area contributed by atoms with Gasteiger partial charge in [0.1, 0.15) is 5.75 Å². The summed E-state index contributed by atoms with van der Waals surface area (Å²) in [6.45, 7) is 1.48. The van der Waals surface area contributed by atoms with E-state index in [0.717, 1.165) is 30.0 Å². The molecule has 0 heterocycles. The highest BCUT2D eigenvalue weighted by atomic mass is 35.5. The maximum absolute atomic E-state index is 8.94. The second-order valence-electron chi connectivity index (χ2n) is 4.94. The van der Waals surface area contributed by atoms with Crippen LogP contribution in [0.4, 0.5) is 0 Å². The number of hydrogen-bond donors (Lipinski definition) is 0. The van der Waals surface area contributed by atoms with E-state index in [0.29, 0.717) is 10.6 Å². The number of ether oxygens (including phenoxy) is 1. The van der Waals surface area contributed by atoms with Crippen molar-refractivity contribution in [3.05, 3.63) is 64.2 Å². The van der Waals surface area contributed by atoms with E-state index in [9.17, 15) is 0 Å². The number of rotatable bonds is 5. The van der Waals surface area contributed by atoms with Crippen molar-refractivity contribution in [3.63, 3.8) is 0 Å². The van der Waals surface area contributed by atoms with Crippen LogP contribution in [0.3, 0.4) is 0 Å². The SMILES string of the molecule is COc1ccc(Cl)cc1CN(C)Cc1cccc(C#N)c1. The fourth-order valence-corrected chi connectivity index (χ4v) is 2.46. The molecule has 0 unspecified atom stereocenters. The molecule has 0 aliphatic carbocycles. The molecule has 0 spiro atoms. The molecule has 4 heteroatoms. The second kappa shape index (κ2) is 7.12. The average molecular weight is 301 g/mol. The molecule has 2 aromatic rings. The van der Waals surface area contributed by atoms with Crippen molar-refractivity contribution in [1.29, 1.82) is 5.26 Å². The number of nitrogens with zero attached hydrogens (tertiary/aromatic N) is 2. The molecular formula is C17H17ClN2O. The lowest BCUT2D eigenvalue weighted by Crippen LogP contribution is -2.17. The predicted molar refractivity (Wildman–Crippen MR) is 84.3 cm³/mol. The van der Waals surface area contributed by atoms with Crippen molar-refractivity contribution in [1.82, 2.24) is 4.90 Å². The minimum Gasteiger partial charge on any atom is -0.496 e. The maximum Gasteiger partial charge on any atom is 0.123 e. The molecule has 0 saturated carbocycles. The van der Waals surface area contributed by atoms with Gasteiger partial charge in [-0.1, -0.05) is 23.7 Å². The Morgan fingerprint density at radius 2 is 2.00 bits per heavy atom. The van der Waals surface area contributed by atoms with Gasteiger partial charge in [0.05, 0.1) is 18.7 Å². The summed E-state index contributed by atoms with van der Waals surface area (Å²) in [6.07, 6.45) is 0. The molecule has 2 rings (SSSR count). The van der Waals surface area contributed by atoms with Crippen molar-refractivity contribution in [3.8, 4) is 11.8 Å². The lowest BCUT2D eigenvalue weighted by molar-refractivity contribution is 0.310. The molecule has 0 amide bonds. The first-order chi connectivity index (χ1) is 10.1. The standard InChI is InChI=1S/C17H17ClN2O/c1-20(11-14-5-3-4-13(8-14)10-19)12-15-9-16(18)6-7-17(15)21-2/h3-9H,11-12H2,1-2H3. The van der Waals surface area contributed by atoms with E-state index in [2.05, 4.69) is 11.0 Å². The Morgan fingerprint density at radius 3 is 2.71 bits per heavy atom. The van der Waals surface area contributed by atoms with Gasteiger partial charge in [0.25, 0.3) is 0 Å². The second-order valence-corrected chi connectivity index (χ2v) is 5.38. The third-order valence-corrected chi connectivity index (χ3v) is 3.43. The Labute approximate surface area is 130 Å². The Balaban J connectivity index is 2.09. The first kappa shape index (κ1) is 15.4. The van der Waals surface area contributed by atoms with Gasteiger partial charge in [-0.05, 0) is 42.9 Å². The highest BCUT2D eigenvalue weighted by Crippen LogP contribution is 2.24. The van der Waals surface area contributed by atoms with Crippen LogP contribution in [-0.4, -0.2) is 19.1 Å². The van der Waals surface area contributed by atoms with Gasteiger partial charge in [-0.3, -0.25) is 4.90 Å². The molecule has 21 heavy (non-hydrogen) atoms. The van der Waals surface area contributed by atoms with Crippen LogP contribution in [0.15, 0.2) is 42.5 Å². The molecule has 3 nitrogen and oxygen atoms in total. The van der Waals surface area contributed by atoms with E-state index in [1.807, 2.05) is 49.5 Å². The molecule has 0 saturated heterocycles. The first-order valence-corrected chi connectivity index (χ1v) is 7.00. The monoisotopic (exact) mass is 300 g/mol. The van der Waals surface area contributed by atoms with Crippen molar-refractivity contribution >= 4 is 11.6 Å². The summed E-state index contributed by atoms with van der Waals surface area (Å²) < 4.78 is 5.36. The predicted octanol–water partition coefficient (Wildman–Crippen LogP) is 3.85. The zero-order valence-electron chi connectivity index (χ0n) is 12.1. The molecule has 2 aromatic carbocycles. The van der Waals surface area contributed by atoms with Crippen LogP contribution < -0.4 is 4.74 Å². The largest absolute Gasteiger partial charge is 0.496 e. The van der Waals surface area contributed by atoms with E-state index in [1.165, 1.54) is 0 Å². The summed E-state index contributed by atoms with van der Waals surface area (Å²) in [7, 11) is 3.68. The summed E-state index contributed by atoms with van der Waals surface area (Å²) >= 11 is 6.05. The van der Waals surface area contributed by atoms with Crippen LogP contribution in [0.2, 0.25) is 5.02 Å². The van der Waals surface area contributed by atoms with Gasteiger partial charge in [0.2, 0.25) is 0 Å². The topological polar surface area (TPSA) is 36.3 Å². The fourth-order valence-electron chi connectivity index (χ4n) is 2.27. The van der Waals surface area contributed by atoms with Crippen LogP contribution in [0, 0.1) is 11.3 Å². The quantitative estimate of drug-likeness (QED) is 0.841. The number of nitriles is 1. The zero-order chi connectivity index (χ0) is 15.2. The van der Waals surface area contributed by atoms with Gasteiger partial charge in [-0.2, -0.15) is 5.26 Å². The molecule has 108 valence electrons. The van der Waals surface area contributed by atoms with Crippen molar-refractivity contribution in [2.75, 3.05) is 14.2 Å². The molecule has 0 aliphatic rings. The van der Waals surface area contributed by atoms with Crippen molar-refractivity contribution in [2.45, 2.75) is 13.1 Å². The molecule has 0 aliphatic heterocycles. The van der Waals surface area contributed by atoms with Gasteiger partial charge < -0.3 is 4.74 Å². The van der Waals surface area contributed by atoms with Crippen LogP contribution in [0.1, 0.15) is 16.7 Å². The van der Waals surface area contributed by atoms with E-state index in [1.54, 1.807) is 7.11 Å². The zero-order valence-corrected chi connectivity index (χ0v) is 12.9. The Hall–Kier alpha value is -2.02. The Kier molecular flexibility index (Phi) is 5.21. The van der Waals surface area contributed by atoms with Crippen LogP contribution in [-0.2, 0) is 13.1 Å². The highest BCUT2D eigenvalue weighted by molar-refractivity contribution is 6.30. The normalized spacial score (nSPS) is 10.4. The van der Waals surface area contributed by atoms with E-state index in [4.69, 9.17) is 21.6 Å². The molecule has 0 N–H and O–H groups in total. The lowest BCUT2D eigenvalue weighted by atomic mass is 10.1. The maximum atomic E-state index is 8.94. The Bertz CT molecular complexity index is 664. The minimum atomic E-state index is 0.682. The van der Waals surface area contributed by atoms with E-state index in [-0.39, 0.29) is 0 Å². The number of methoxy groups -OCH3 is 1. The number of hydrogen-bond acceptors (Lipinski definition) is 3. The van der Waals surface area contributed by atoms with Crippen LogP contribution >= 0.6 is 11.6 Å². The third-order valence-electron chi connectivity index (χ3n) is 3.19. The van der Waals surface area contributed by atoms with Gasteiger partial charge in [-0.15, -0.1) is 0 Å². The fraction of sp³-hybridized carbons (Fsp3) is 0.235. The summed E-state index contributed by atoms with van der Waals surface area (Å²) in [6, 6.07) is 15.4. The molecule has 0 fully saturated rings. The van der Waals surface area contributed by atoms with E-state index >= 15 is 0 Å². The first-order valence-electron chi connectivity index (χ1n) is 6.62. The summed E-state index contributed by atoms with van der Waals surface area (Å²) in [5.41, 5.74) is 2.84. The summed E-state index contributed by atoms with van der Waals surface area (Å²) in [5, 5.41) is 9.64. The number of halogens is 1. The van der Waals surface area contributed by atoms with Gasteiger partial charge in [0, 0.05) is 23.7 Å². The summed E-state index contributed by atoms with van der Waals surface area (Å²) in [5.74, 6) is 0.831. The van der Waals surface area contributed by atoms with Gasteiger partial charge in [0.15, 0.2) is 0 Å².